The first-order valence-corrected chi connectivity index (χ1v) is 9.91. The molecule has 2 aromatic carbocycles. The summed E-state index contributed by atoms with van der Waals surface area (Å²) in [7, 11) is 7.51. The molecule has 0 aliphatic rings. The molecule has 2 aromatic rings. The number of rotatable bonds is 10. The summed E-state index contributed by atoms with van der Waals surface area (Å²) < 4.78 is 5.08. The van der Waals surface area contributed by atoms with E-state index in [1.165, 1.54) is 0 Å². The van der Waals surface area contributed by atoms with Gasteiger partial charge in [-0.3, -0.25) is 4.79 Å². The standard InChI is InChI=1S/C23H29N3O5/c1-25(2)17-10-11-18(20(14-17)26(3)4)21(27)13-12-19(22(28)29)24-23(30)31-15-16-8-6-5-7-9-16/h5-11,14,19H,12-13,15H2,1-4H3,(H,24,30)(H,28,29). The van der Waals surface area contributed by atoms with Gasteiger partial charge in [0.15, 0.2) is 5.78 Å². The number of ketones is 1. The van der Waals surface area contributed by atoms with Crippen LogP contribution in [0, 0.1) is 0 Å². The molecule has 1 amide bonds. The molecule has 2 rings (SSSR count). The lowest BCUT2D eigenvalue weighted by Crippen LogP contribution is -2.41. The highest BCUT2D eigenvalue weighted by atomic mass is 16.5. The number of aliphatic carboxylic acids is 1. The van der Waals surface area contributed by atoms with Crippen molar-refractivity contribution in [2.45, 2.75) is 25.5 Å². The molecule has 0 heterocycles. The quantitative estimate of drug-likeness (QED) is 0.562. The number of anilines is 2. The number of hydrogen-bond donors (Lipinski definition) is 2. The fraction of sp³-hybridized carbons (Fsp3) is 0.348. The molecule has 0 saturated heterocycles. The van der Waals surface area contributed by atoms with Crippen molar-refractivity contribution in [1.82, 2.24) is 5.32 Å². The zero-order valence-electron chi connectivity index (χ0n) is 18.3. The van der Waals surface area contributed by atoms with Crippen molar-refractivity contribution < 1.29 is 24.2 Å². The van der Waals surface area contributed by atoms with E-state index in [1.807, 2.05) is 68.3 Å². The maximum absolute atomic E-state index is 12.8. The molecule has 0 saturated carbocycles. The second kappa shape index (κ2) is 11.0. The third-order valence-electron chi connectivity index (χ3n) is 4.74. The predicted octanol–water partition coefficient (Wildman–Crippen LogP) is 3.16. The molecular weight excluding hydrogens is 398 g/mol. The maximum Gasteiger partial charge on any atom is 0.408 e. The predicted molar refractivity (Wildman–Crippen MR) is 120 cm³/mol. The highest BCUT2D eigenvalue weighted by Gasteiger charge is 2.23. The fourth-order valence-electron chi connectivity index (χ4n) is 2.98. The minimum absolute atomic E-state index is 0.0297. The number of carboxylic acids is 1. The Bertz CT molecular complexity index is 913. The number of nitrogens with one attached hydrogen (secondary N) is 1. The smallest absolute Gasteiger partial charge is 0.408 e. The Morgan fingerprint density at radius 3 is 2.26 bits per heavy atom. The fourth-order valence-corrected chi connectivity index (χ4v) is 2.98. The van der Waals surface area contributed by atoms with Crippen LogP contribution in [0.5, 0.6) is 0 Å². The zero-order valence-corrected chi connectivity index (χ0v) is 18.3. The third kappa shape index (κ3) is 7.02. The van der Waals surface area contributed by atoms with E-state index in [4.69, 9.17) is 4.74 Å². The van der Waals surface area contributed by atoms with Crippen LogP contribution in [0.2, 0.25) is 0 Å². The van der Waals surface area contributed by atoms with Crippen molar-refractivity contribution in [2.75, 3.05) is 38.0 Å². The van der Waals surface area contributed by atoms with Crippen LogP contribution in [-0.4, -0.2) is 57.2 Å². The Balaban J connectivity index is 1.99. The Hall–Kier alpha value is -3.55. The van der Waals surface area contributed by atoms with Crippen LogP contribution in [0.15, 0.2) is 48.5 Å². The van der Waals surface area contributed by atoms with Crippen LogP contribution in [-0.2, 0) is 16.1 Å². The van der Waals surface area contributed by atoms with Crippen molar-refractivity contribution in [3.63, 3.8) is 0 Å². The van der Waals surface area contributed by atoms with Crippen LogP contribution in [0.25, 0.3) is 0 Å². The zero-order chi connectivity index (χ0) is 23.0. The summed E-state index contributed by atoms with van der Waals surface area (Å²) in [5.74, 6) is -1.42. The van der Waals surface area contributed by atoms with Gasteiger partial charge >= 0.3 is 12.1 Å². The van der Waals surface area contributed by atoms with Gasteiger partial charge in [0.2, 0.25) is 0 Å². The number of carboxylic acid groups (broad SMARTS) is 1. The van der Waals surface area contributed by atoms with Crippen LogP contribution in [0.1, 0.15) is 28.8 Å². The van der Waals surface area contributed by atoms with Crippen molar-refractivity contribution in [3.8, 4) is 0 Å². The first-order valence-electron chi connectivity index (χ1n) is 9.91. The lowest BCUT2D eigenvalue weighted by Gasteiger charge is -2.21. The highest BCUT2D eigenvalue weighted by molar-refractivity contribution is 6.02. The summed E-state index contributed by atoms with van der Waals surface area (Å²) in [6.45, 7) is 0.0301. The Morgan fingerprint density at radius 1 is 1.00 bits per heavy atom. The van der Waals surface area contributed by atoms with Gasteiger partial charge in [0.05, 0.1) is 0 Å². The minimum atomic E-state index is -1.23. The van der Waals surface area contributed by atoms with Gasteiger partial charge in [0.1, 0.15) is 12.6 Å². The van der Waals surface area contributed by atoms with Crippen LogP contribution < -0.4 is 15.1 Å². The Morgan fingerprint density at radius 2 is 1.68 bits per heavy atom. The molecule has 1 atom stereocenters. The molecule has 31 heavy (non-hydrogen) atoms. The number of Topliss-reactive ketones (excluding diaryl/α,β-unsaturated/α-hetero) is 1. The lowest BCUT2D eigenvalue weighted by molar-refractivity contribution is -0.139. The van der Waals surface area contributed by atoms with Crippen LogP contribution in [0.4, 0.5) is 16.2 Å². The maximum atomic E-state index is 12.8. The van der Waals surface area contributed by atoms with E-state index in [9.17, 15) is 19.5 Å². The summed E-state index contributed by atoms with van der Waals surface area (Å²) in [6, 6.07) is 13.3. The molecule has 0 aliphatic carbocycles. The van der Waals surface area contributed by atoms with Gasteiger partial charge in [-0.25, -0.2) is 9.59 Å². The molecular formula is C23H29N3O5. The monoisotopic (exact) mass is 427 g/mol. The number of carbonyl (C=O) groups excluding carboxylic acids is 2. The Labute approximate surface area is 182 Å². The summed E-state index contributed by atoms with van der Waals surface area (Å²) in [4.78, 5) is 40.1. The van der Waals surface area contributed by atoms with E-state index in [0.717, 1.165) is 16.9 Å². The van der Waals surface area contributed by atoms with E-state index in [2.05, 4.69) is 5.32 Å². The minimum Gasteiger partial charge on any atom is -0.480 e. The number of alkyl carbamates (subject to hydrolysis) is 1. The molecule has 1 unspecified atom stereocenters. The number of benzene rings is 2. The normalized spacial score (nSPS) is 11.4. The largest absolute Gasteiger partial charge is 0.480 e. The first kappa shape index (κ1) is 23.7. The van der Waals surface area contributed by atoms with E-state index in [-0.39, 0.29) is 25.2 Å². The molecule has 0 spiro atoms. The van der Waals surface area contributed by atoms with Crippen molar-refractivity contribution in [2.24, 2.45) is 0 Å². The van der Waals surface area contributed by atoms with Crippen LogP contribution in [0.3, 0.4) is 0 Å². The molecule has 8 nitrogen and oxygen atoms in total. The molecule has 2 N–H and O–H groups in total. The number of ether oxygens (including phenoxy) is 1. The first-order chi connectivity index (χ1) is 14.7. The van der Waals surface area contributed by atoms with Gasteiger partial charge in [0.25, 0.3) is 0 Å². The lowest BCUT2D eigenvalue weighted by atomic mass is 10.0. The average Bonchev–Trinajstić information content (AvgIpc) is 2.74. The second-order valence-corrected chi connectivity index (χ2v) is 7.55. The summed E-state index contributed by atoms with van der Waals surface area (Å²) in [5.41, 5.74) is 2.99. The van der Waals surface area contributed by atoms with Crippen molar-refractivity contribution >= 4 is 29.2 Å². The van der Waals surface area contributed by atoms with Gasteiger partial charge in [-0.2, -0.15) is 0 Å². The SMILES string of the molecule is CN(C)c1ccc(C(=O)CCC(NC(=O)OCc2ccccc2)C(=O)O)c(N(C)C)c1. The third-order valence-corrected chi connectivity index (χ3v) is 4.74. The number of nitrogens with zero attached hydrogens (tertiary/aromatic N) is 2. The van der Waals surface area contributed by atoms with E-state index in [0.29, 0.717) is 5.56 Å². The molecule has 0 fully saturated rings. The number of hydrogen-bond acceptors (Lipinski definition) is 6. The molecule has 0 aromatic heterocycles. The van der Waals surface area contributed by atoms with E-state index in [1.54, 1.807) is 18.2 Å². The molecule has 0 bridgehead atoms. The summed E-state index contributed by atoms with van der Waals surface area (Å²) in [5, 5.41) is 11.8. The van der Waals surface area contributed by atoms with E-state index >= 15 is 0 Å². The van der Waals surface area contributed by atoms with Crippen LogP contribution >= 0.6 is 0 Å². The topological polar surface area (TPSA) is 99.2 Å². The van der Waals surface area contributed by atoms with Gasteiger partial charge in [-0.1, -0.05) is 30.3 Å². The highest BCUT2D eigenvalue weighted by Crippen LogP contribution is 2.26. The summed E-state index contributed by atoms with van der Waals surface area (Å²) >= 11 is 0. The molecule has 8 heteroatoms. The van der Waals surface area contributed by atoms with Gasteiger partial charge in [0, 0.05) is 51.5 Å². The number of amides is 1. The second-order valence-electron chi connectivity index (χ2n) is 7.55. The van der Waals surface area contributed by atoms with Crippen molar-refractivity contribution in [3.05, 3.63) is 59.7 Å². The molecule has 166 valence electrons. The van der Waals surface area contributed by atoms with Gasteiger partial charge < -0.3 is 25.0 Å². The Kier molecular flexibility index (Phi) is 8.43. The average molecular weight is 428 g/mol. The molecule has 0 aliphatic heterocycles. The van der Waals surface area contributed by atoms with Gasteiger partial charge in [-0.05, 0) is 30.2 Å². The number of carbonyl (C=O) groups is 3. The molecule has 0 radical (unpaired) electrons. The summed E-state index contributed by atoms with van der Waals surface area (Å²) in [6.07, 6.45) is -0.914. The van der Waals surface area contributed by atoms with E-state index < -0.39 is 18.1 Å². The van der Waals surface area contributed by atoms with Gasteiger partial charge in [-0.15, -0.1) is 0 Å². The van der Waals surface area contributed by atoms with Crippen molar-refractivity contribution in [1.29, 1.82) is 0 Å².